The number of aromatic amines is 1. The fraction of sp³-hybridized carbons (Fsp3) is 0.333. The summed E-state index contributed by atoms with van der Waals surface area (Å²) < 4.78 is 5.35. The maximum Gasteiger partial charge on any atom is 0.316 e. The van der Waals surface area contributed by atoms with Crippen LogP contribution < -0.4 is 10.1 Å². The molecular weight excluding hydrogens is 318 g/mol. The minimum Gasteiger partial charge on any atom is -0.464 e. The summed E-state index contributed by atoms with van der Waals surface area (Å²) in [5, 5.41) is 3.85. The number of pyridine rings is 1. The number of nitrogens with one attached hydrogen (secondary N) is 2. The lowest BCUT2D eigenvalue weighted by atomic mass is 9.85. The summed E-state index contributed by atoms with van der Waals surface area (Å²) in [4.78, 5) is 28.2. The van der Waals surface area contributed by atoms with Gasteiger partial charge in [0.05, 0.1) is 23.5 Å². The smallest absolute Gasteiger partial charge is 0.316 e. The molecule has 1 saturated carbocycles. The zero-order chi connectivity index (χ0) is 17.2. The molecule has 25 heavy (non-hydrogen) atoms. The van der Waals surface area contributed by atoms with Crippen molar-refractivity contribution < 1.29 is 9.53 Å². The number of ether oxygens (including phenoxy) is 1. The molecule has 0 radical (unpaired) electrons. The summed E-state index contributed by atoms with van der Waals surface area (Å²) >= 11 is 0. The SMILES string of the molecule is CCOc1nccc(-c2cc3cnc(NC(=O)C4CCC4)cc3[nH]2)n1. The molecule has 0 aliphatic heterocycles. The number of hydrogen-bond donors (Lipinski definition) is 2. The highest BCUT2D eigenvalue weighted by molar-refractivity contribution is 5.94. The van der Waals surface area contributed by atoms with Gasteiger partial charge >= 0.3 is 6.01 Å². The van der Waals surface area contributed by atoms with Crippen molar-refractivity contribution in [1.82, 2.24) is 19.9 Å². The lowest BCUT2D eigenvalue weighted by Gasteiger charge is -2.23. The number of carbonyl (C=O) groups excluding carboxylic acids is 1. The number of H-pyrrole nitrogens is 1. The average molecular weight is 337 g/mol. The Labute approximate surface area is 144 Å². The van der Waals surface area contributed by atoms with Gasteiger partial charge in [-0.3, -0.25) is 4.79 Å². The van der Waals surface area contributed by atoms with Gasteiger partial charge < -0.3 is 15.0 Å². The Hall–Kier alpha value is -2.96. The molecule has 1 aliphatic carbocycles. The van der Waals surface area contributed by atoms with Crippen molar-refractivity contribution in [2.24, 2.45) is 5.92 Å². The first-order valence-corrected chi connectivity index (χ1v) is 8.49. The van der Waals surface area contributed by atoms with Gasteiger partial charge in [0.15, 0.2) is 0 Å². The molecule has 7 nitrogen and oxygen atoms in total. The summed E-state index contributed by atoms with van der Waals surface area (Å²) in [5.41, 5.74) is 2.49. The summed E-state index contributed by atoms with van der Waals surface area (Å²) in [6.45, 7) is 2.41. The third kappa shape index (κ3) is 3.17. The number of amides is 1. The molecular formula is C18H19N5O2. The Bertz CT molecular complexity index is 917. The van der Waals surface area contributed by atoms with Gasteiger partial charge in [-0.2, -0.15) is 4.98 Å². The highest BCUT2D eigenvalue weighted by Crippen LogP contribution is 2.28. The molecule has 1 aliphatic rings. The molecule has 0 unspecified atom stereocenters. The Morgan fingerprint density at radius 2 is 2.24 bits per heavy atom. The standard InChI is InChI=1S/C18H19N5O2/c1-2-25-18-19-7-6-13(22-18)15-8-12-10-20-16(9-14(12)21-15)23-17(24)11-4-3-5-11/h6-11,21H,2-5H2,1H3,(H,20,23,24). The zero-order valence-electron chi connectivity index (χ0n) is 14.0. The number of anilines is 1. The predicted molar refractivity (Wildman–Crippen MR) is 94.3 cm³/mol. The third-order valence-corrected chi connectivity index (χ3v) is 4.41. The average Bonchev–Trinajstić information content (AvgIpc) is 2.97. The fourth-order valence-electron chi connectivity index (χ4n) is 2.82. The van der Waals surface area contributed by atoms with E-state index in [1.165, 1.54) is 0 Å². The summed E-state index contributed by atoms with van der Waals surface area (Å²) in [6, 6.07) is 5.99. The van der Waals surface area contributed by atoms with Crippen LogP contribution in [-0.2, 0) is 4.79 Å². The van der Waals surface area contributed by atoms with Crippen molar-refractivity contribution in [3.8, 4) is 17.4 Å². The molecule has 1 amide bonds. The topological polar surface area (TPSA) is 92.8 Å². The monoisotopic (exact) mass is 337 g/mol. The van der Waals surface area contributed by atoms with E-state index in [1.807, 2.05) is 25.1 Å². The molecule has 2 N–H and O–H groups in total. The largest absolute Gasteiger partial charge is 0.464 e. The quantitative estimate of drug-likeness (QED) is 0.746. The van der Waals surface area contributed by atoms with Crippen LogP contribution in [0.25, 0.3) is 22.3 Å². The van der Waals surface area contributed by atoms with Crippen LogP contribution in [0.1, 0.15) is 26.2 Å². The highest BCUT2D eigenvalue weighted by Gasteiger charge is 2.25. The van der Waals surface area contributed by atoms with Gasteiger partial charge in [-0.15, -0.1) is 0 Å². The van der Waals surface area contributed by atoms with E-state index in [-0.39, 0.29) is 11.8 Å². The van der Waals surface area contributed by atoms with Crippen molar-refractivity contribution >= 4 is 22.6 Å². The van der Waals surface area contributed by atoms with E-state index < -0.39 is 0 Å². The number of nitrogens with zero attached hydrogens (tertiary/aromatic N) is 3. The lowest BCUT2D eigenvalue weighted by Crippen LogP contribution is -2.28. The normalized spacial score (nSPS) is 14.3. The van der Waals surface area contributed by atoms with Gasteiger partial charge in [-0.05, 0) is 31.9 Å². The van der Waals surface area contributed by atoms with Gasteiger partial charge in [0.1, 0.15) is 5.82 Å². The van der Waals surface area contributed by atoms with Gasteiger partial charge in [0.25, 0.3) is 0 Å². The van der Waals surface area contributed by atoms with Crippen LogP contribution >= 0.6 is 0 Å². The fourth-order valence-corrected chi connectivity index (χ4v) is 2.82. The van der Waals surface area contributed by atoms with Crippen LogP contribution in [0.15, 0.2) is 30.6 Å². The van der Waals surface area contributed by atoms with Gasteiger partial charge in [0.2, 0.25) is 5.91 Å². The van der Waals surface area contributed by atoms with Gasteiger partial charge in [-0.1, -0.05) is 6.42 Å². The minimum atomic E-state index is 0.0574. The van der Waals surface area contributed by atoms with Gasteiger partial charge in [-0.25, -0.2) is 9.97 Å². The van der Waals surface area contributed by atoms with Crippen LogP contribution in [0.3, 0.4) is 0 Å². The van der Waals surface area contributed by atoms with E-state index in [4.69, 9.17) is 4.74 Å². The van der Waals surface area contributed by atoms with E-state index in [0.29, 0.717) is 18.4 Å². The second-order valence-electron chi connectivity index (χ2n) is 6.11. The number of carbonyl (C=O) groups is 1. The van der Waals surface area contributed by atoms with E-state index in [1.54, 1.807) is 12.4 Å². The van der Waals surface area contributed by atoms with Crippen LogP contribution in [0, 0.1) is 5.92 Å². The summed E-state index contributed by atoms with van der Waals surface area (Å²) in [6.07, 6.45) is 6.48. The Kier molecular flexibility index (Phi) is 4.05. The Morgan fingerprint density at radius 1 is 1.36 bits per heavy atom. The molecule has 0 atom stereocenters. The molecule has 0 spiro atoms. The molecule has 3 aromatic heterocycles. The lowest BCUT2D eigenvalue weighted by molar-refractivity contribution is -0.122. The zero-order valence-corrected chi connectivity index (χ0v) is 14.0. The molecule has 3 aromatic rings. The first-order valence-electron chi connectivity index (χ1n) is 8.49. The van der Waals surface area contributed by atoms with E-state index in [0.717, 1.165) is 41.6 Å². The first kappa shape index (κ1) is 15.6. The number of hydrogen-bond acceptors (Lipinski definition) is 5. The number of fused-ring (bicyclic) bond motifs is 1. The van der Waals surface area contributed by atoms with Crippen LogP contribution in [-0.4, -0.2) is 32.4 Å². The molecule has 128 valence electrons. The van der Waals surface area contributed by atoms with E-state index in [9.17, 15) is 4.79 Å². The highest BCUT2D eigenvalue weighted by atomic mass is 16.5. The summed E-state index contributed by atoms with van der Waals surface area (Å²) in [7, 11) is 0. The second-order valence-corrected chi connectivity index (χ2v) is 6.11. The summed E-state index contributed by atoms with van der Waals surface area (Å²) in [5.74, 6) is 0.757. The molecule has 7 heteroatoms. The molecule has 0 aromatic carbocycles. The van der Waals surface area contributed by atoms with Gasteiger partial charge in [0, 0.05) is 29.8 Å². The maximum atomic E-state index is 12.1. The molecule has 3 heterocycles. The maximum absolute atomic E-state index is 12.1. The van der Waals surface area contributed by atoms with Crippen molar-refractivity contribution in [2.75, 3.05) is 11.9 Å². The van der Waals surface area contributed by atoms with Crippen LogP contribution in [0.5, 0.6) is 6.01 Å². The Balaban J connectivity index is 1.59. The van der Waals surface area contributed by atoms with Crippen LogP contribution in [0.4, 0.5) is 5.82 Å². The van der Waals surface area contributed by atoms with E-state index in [2.05, 4.69) is 25.3 Å². The van der Waals surface area contributed by atoms with Crippen molar-refractivity contribution in [1.29, 1.82) is 0 Å². The van der Waals surface area contributed by atoms with E-state index >= 15 is 0 Å². The molecule has 0 saturated heterocycles. The Morgan fingerprint density at radius 3 is 3.00 bits per heavy atom. The number of rotatable bonds is 5. The van der Waals surface area contributed by atoms with Crippen molar-refractivity contribution in [3.05, 3.63) is 30.6 Å². The minimum absolute atomic E-state index is 0.0574. The molecule has 1 fully saturated rings. The third-order valence-electron chi connectivity index (χ3n) is 4.41. The van der Waals surface area contributed by atoms with Crippen molar-refractivity contribution in [3.63, 3.8) is 0 Å². The molecule has 4 rings (SSSR count). The second kappa shape index (κ2) is 6.51. The van der Waals surface area contributed by atoms with Crippen LogP contribution in [0.2, 0.25) is 0 Å². The first-order chi connectivity index (χ1) is 12.2. The molecule has 0 bridgehead atoms. The number of aromatic nitrogens is 4. The van der Waals surface area contributed by atoms with Crippen molar-refractivity contribution in [2.45, 2.75) is 26.2 Å². The predicted octanol–water partition coefficient (Wildman–Crippen LogP) is 3.16.